The molecule has 0 N–H and O–H groups in total. The van der Waals surface area contributed by atoms with Crippen LogP contribution in [0.25, 0.3) is 131 Å². The van der Waals surface area contributed by atoms with Crippen LogP contribution in [0.5, 0.6) is 0 Å². The Labute approximate surface area is 357 Å². The fourth-order valence-electron chi connectivity index (χ4n) is 9.80. The van der Waals surface area contributed by atoms with Gasteiger partial charge in [-0.3, -0.25) is 4.57 Å². The van der Waals surface area contributed by atoms with Crippen LogP contribution < -0.4 is 0 Å². The molecule has 0 saturated heterocycles. The molecular weight excluding hydrogens is 779 g/mol. The van der Waals surface area contributed by atoms with Crippen molar-refractivity contribution in [2.45, 2.75) is 0 Å². The van der Waals surface area contributed by atoms with Gasteiger partial charge in [0.1, 0.15) is 11.2 Å². The normalized spacial score (nSPS) is 12.2. The summed E-state index contributed by atoms with van der Waals surface area (Å²) in [5, 5.41) is 11.5. The quantitative estimate of drug-likeness (QED) is 0.178. The molecular formula is C55H31N5OS. The first-order chi connectivity index (χ1) is 30.7. The summed E-state index contributed by atoms with van der Waals surface area (Å²) in [5.41, 5.74) is 8.38. The first-order valence-corrected chi connectivity index (χ1v) is 21.6. The third-order valence-electron chi connectivity index (χ3n) is 12.6. The van der Waals surface area contributed by atoms with E-state index in [2.05, 4.69) is 185 Å². The van der Waals surface area contributed by atoms with Crippen LogP contribution in [-0.4, -0.2) is 24.1 Å². The number of benzene rings is 9. The molecule has 0 unspecified atom stereocenters. The first kappa shape index (κ1) is 33.7. The number of thiophene rings is 1. The zero-order valence-corrected chi connectivity index (χ0v) is 33.8. The van der Waals surface area contributed by atoms with E-state index in [1.54, 1.807) is 11.3 Å². The van der Waals surface area contributed by atoms with E-state index >= 15 is 0 Å². The predicted octanol–water partition coefficient (Wildman–Crippen LogP) is 14.8. The molecule has 0 aliphatic rings. The maximum absolute atomic E-state index is 6.96. The number of fused-ring (bicyclic) bond motifs is 13. The Morgan fingerprint density at radius 3 is 1.74 bits per heavy atom. The second-order valence-corrected chi connectivity index (χ2v) is 17.0. The summed E-state index contributed by atoms with van der Waals surface area (Å²) in [6.07, 6.45) is 0. The summed E-state index contributed by atoms with van der Waals surface area (Å²) in [7, 11) is 0. The van der Waals surface area contributed by atoms with Crippen molar-refractivity contribution in [3.63, 3.8) is 0 Å². The molecule has 5 heterocycles. The van der Waals surface area contributed by atoms with E-state index in [1.807, 2.05) is 12.1 Å². The number of rotatable bonds is 4. The Morgan fingerprint density at radius 1 is 0.387 bits per heavy atom. The zero-order valence-electron chi connectivity index (χ0n) is 33.0. The van der Waals surface area contributed by atoms with E-state index in [0.717, 1.165) is 71.6 Å². The molecule has 14 aromatic rings. The molecule has 0 atom stereocenters. The molecule has 288 valence electrons. The second-order valence-electron chi connectivity index (χ2n) is 16.0. The third kappa shape index (κ3) is 4.76. The number of furan rings is 1. The van der Waals surface area contributed by atoms with Gasteiger partial charge in [0, 0.05) is 58.1 Å². The molecule has 0 saturated carbocycles. The first-order valence-electron chi connectivity index (χ1n) is 20.8. The highest BCUT2D eigenvalue weighted by Gasteiger charge is 2.26. The minimum atomic E-state index is 0.523. The summed E-state index contributed by atoms with van der Waals surface area (Å²) >= 11 is 1.79. The van der Waals surface area contributed by atoms with Crippen molar-refractivity contribution in [1.82, 2.24) is 24.1 Å². The van der Waals surface area contributed by atoms with Gasteiger partial charge in [-0.25, -0.2) is 4.98 Å². The zero-order chi connectivity index (χ0) is 40.5. The highest BCUT2D eigenvalue weighted by atomic mass is 32.1. The number of nitrogens with zero attached hydrogens (tertiary/aromatic N) is 5. The molecule has 0 aliphatic carbocycles. The standard InChI is InChI=1S/C55H31N5OS/c1-2-14-33-30-47-42(29-32(33)13-1)37-17-5-8-20-43(37)59(47)46-28-27-41-38-18-6-11-23-48(38)61-52(41)51(46)54-56-53(34-25-26-40-39-19-7-12-24-49(39)62-50(40)31-34)57-55(58-54)60-44-21-9-3-15-35(44)36-16-4-10-22-45(36)60/h1-31H. The second kappa shape index (κ2) is 12.7. The van der Waals surface area contributed by atoms with Crippen LogP contribution in [0, 0.1) is 0 Å². The highest BCUT2D eigenvalue weighted by molar-refractivity contribution is 7.25. The summed E-state index contributed by atoms with van der Waals surface area (Å²) < 4.78 is 13.9. The lowest BCUT2D eigenvalue weighted by Crippen LogP contribution is -2.08. The van der Waals surface area contributed by atoms with Crippen LogP contribution in [0.15, 0.2) is 192 Å². The van der Waals surface area contributed by atoms with Crippen molar-refractivity contribution < 1.29 is 4.42 Å². The summed E-state index contributed by atoms with van der Waals surface area (Å²) in [6.45, 7) is 0. The van der Waals surface area contributed by atoms with Gasteiger partial charge in [0.2, 0.25) is 5.95 Å². The molecule has 0 radical (unpaired) electrons. The van der Waals surface area contributed by atoms with Crippen LogP contribution in [0.3, 0.4) is 0 Å². The number of hydrogen-bond acceptors (Lipinski definition) is 5. The predicted molar refractivity (Wildman–Crippen MR) is 257 cm³/mol. The van der Waals surface area contributed by atoms with Crippen molar-refractivity contribution in [3.8, 4) is 34.4 Å². The van der Waals surface area contributed by atoms with Crippen molar-refractivity contribution >= 4 is 108 Å². The van der Waals surface area contributed by atoms with Gasteiger partial charge in [0.25, 0.3) is 0 Å². The lowest BCUT2D eigenvalue weighted by atomic mass is 10.0. The maximum Gasteiger partial charge on any atom is 0.238 e. The maximum atomic E-state index is 6.96. The molecule has 0 amide bonds. The molecule has 0 fully saturated rings. The summed E-state index contributed by atoms with van der Waals surface area (Å²) in [5.74, 6) is 1.64. The highest BCUT2D eigenvalue weighted by Crippen LogP contribution is 2.44. The van der Waals surface area contributed by atoms with Gasteiger partial charge in [0.15, 0.2) is 11.6 Å². The van der Waals surface area contributed by atoms with Crippen LogP contribution in [0.1, 0.15) is 0 Å². The van der Waals surface area contributed by atoms with Crippen LogP contribution in [0.4, 0.5) is 0 Å². The topological polar surface area (TPSA) is 61.7 Å². The summed E-state index contributed by atoms with van der Waals surface area (Å²) in [6, 6.07) is 66.7. The van der Waals surface area contributed by atoms with E-state index in [0.29, 0.717) is 17.6 Å². The van der Waals surface area contributed by atoms with E-state index in [4.69, 9.17) is 19.4 Å². The minimum Gasteiger partial charge on any atom is -0.455 e. The number of aromatic nitrogens is 5. The Morgan fingerprint density at radius 2 is 0.968 bits per heavy atom. The number of hydrogen-bond donors (Lipinski definition) is 0. The smallest absolute Gasteiger partial charge is 0.238 e. The molecule has 9 aromatic carbocycles. The van der Waals surface area contributed by atoms with Gasteiger partial charge in [-0.05, 0) is 71.4 Å². The monoisotopic (exact) mass is 809 g/mol. The molecule has 0 bridgehead atoms. The van der Waals surface area contributed by atoms with Crippen molar-refractivity contribution in [2.75, 3.05) is 0 Å². The molecule has 62 heavy (non-hydrogen) atoms. The lowest BCUT2D eigenvalue weighted by Gasteiger charge is -2.16. The average molecular weight is 810 g/mol. The molecule has 0 aliphatic heterocycles. The van der Waals surface area contributed by atoms with Gasteiger partial charge < -0.3 is 8.98 Å². The lowest BCUT2D eigenvalue weighted by molar-refractivity contribution is 0.669. The molecule has 5 aromatic heterocycles. The SMILES string of the molecule is c1ccc2cc3c(cc2c1)c1ccccc1n3-c1ccc2c(oc3ccccc32)c1-c1nc(-c2ccc3c(c2)sc2ccccc23)nc(-n2c3ccccc3c3ccccc32)n1. The van der Waals surface area contributed by atoms with Gasteiger partial charge in [-0.15, -0.1) is 11.3 Å². The average Bonchev–Trinajstić information content (AvgIpc) is 4.08. The molecule has 6 nitrogen and oxygen atoms in total. The van der Waals surface area contributed by atoms with Crippen molar-refractivity contribution in [3.05, 3.63) is 188 Å². The number of para-hydroxylation sites is 4. The third-order valence-corrected chi connectivity index (χ3v) is 13.7. The van der Waals surface area contributed by atoms with Gasteiger partial charge in [-0.2, -0.15) is 9.97 Å². The van der Waals surface area contributed by atoms with E-state index in [-0.39, 0.29) is 0 Å². The fourth-order valence-corrected chi connectivity index (χ4v) is 10.9. The van der Waals surface area contributed by atoms with E-state index < -0.39 is 0 Å². The van der Waals surface area contributed by atoms with Crippen LogP contribution >= 0.6 is 11.3 Å². The van der Waals surface area contributed by atoms with E-state index in [1.165, 1.54) is 41.7 Å². The van der Waals surface area contributed by atoms with Gasteiger partial charge in [-0.1, -0.05) is 127 Å². The van der Waals surface area contributed by atoms with Crippen LogP contribution in [0.2, 0.25) is 0 Å². The van der Waals surface area contributed by atoms with Crippen molar-refractivity contribution in [1.29, 1.82) is 0 Å². The fraction of sp³-hybridized carbons (Fsp3) is 0. The largest absolute Gasteiger partial charge is 0.455 e. The van der Waals surface area contributed by atoms with Gasteiger partial charge in [0.05, 0.1) is 33.3 Å². The molecule has 14 rings (SSSR count). The molecule has 0 spiro atoms. The van der Waals surface area contributed by atoms with Gasteiger partial charge >= 0.3 is 0 Å². The Kier molecular flexibility index (Phi) is 6.89. The summed E-state index contributed by atoms with van der Waals surface area (Å²) in [4.78, 5) is 16.4. The Bertz CT molecular complexity index is 4130. The minimum absolute atomic E-state index is 0.523. The molecule has 7 heteroatoms. The van der Waals surface area contributed by atoms with E-state index in [9.17, 15) is 0 Å². The van der Waals surface area contributed by atoms with Crippen molar-refractivity contribution in [2.24, 2.45) is 0 Å². The Hall–Kier alpha value is -8.13. The Balaban J connectivity index is 1.13. The van der Waals surface area contributed by atoms with Crippen LogP contribution in [-0.2, 0) is 0 Å².